The molecule has 2 saturated heterocycles. The number of fused-ring (bicyclic) bond motifs is 2. The van der Waals surface area contributed by atoms with Crippen molar-refractivity contribution in [1.82, 2.24) is 44.7 Å². The number of urea groups is 1. The molecule has 16 heteroatoms. The average molecular weight is 722 g/mol. The summed E-state index contributed by atoms with van der Waals surface area (Å²) in [4.78, 5) is 58.9. The molecule has 0 saturated carbocycles. The normalized spacial score (nSPS) is 16.6. The highest BCUT2D eigenvalue weighted by Gasteiger charge is 2.37. The maximum Gasteiger partial charge on any atom is 0.342 e. The highest BCUT2D eigenvalue weighted by Crippen LogP contribution is 2.31. The molecule has 4 amide bonds. The quantitative estimate of drug-likeness (QED) is 0.226. The summed E-state index contributed by atoms with van der Waals surface area (Å²) in [6, 6.07) is 12.0. The number of carbonyl (C=O) groups is 3. The molecular weight excluding hydrogens is 684 g/mol. The van der Waals surface area contributed by atoms with Crippen LogP contribution in [0.5, 0.6) is 0 Å². The summed E-state index contributed by atoms with van der Waals surface area (Å²) in [5.41, 5.74) is 4.51. The van der Waals surface area contributed by atoms with Gasteiger partial charge in [-0.2, -0.15) is 0 Å². The molecule has 0 aliphatic carbocycles. The van der Waals surface area contributed by atoms with Crippen LogP contribution in [0, 0.1) is 18.6 Å². The Balaban J connectivity index is 0.884. The molecule has 3 aliphatic heterocycles. The molecular formula is C37H37F2N11O3. The van der Waals surface area contributed by atoms with E-state index in [1.165, 1.54) is 16.1 Å². The molecule has 2 N–H and O–H groups in total. The Hall–Kier alpha value is -6.03. The summed E-state index contributed by atoms with van der Waals surface area (Å²) >= 11 is 0. The van der Waals surface area contributed by atoms with Gasteiger partial charge in [-0.3, -0.25) is 19.8 Å². The molecule has 6 heterocycles. The fourth-order valence-electron chi connectivity index (χ4n) is 7.31. The Kier molecular flexibility index (Phi) is 8.68. The van der Waals surface area contributed by atoms with Crippen LogP contribution in [0.4, 0.5) is 31.0 Å². The summed E-state index contributed by atoms with van der Waals surface area (Å²) in [5.74, 6) is -0.542. The number of imidazole rings is 1. The van der Waals surface area contributed by atoms with Gasteiger partial charge in [0.05, 0.1) is 36.7 Å². The number of nitrogens with zero attached hydrogens (tertiary/aromatic N) is 9. The number of amides is 4. The minimum absolute atomic E-state index is 0.0336. The van der Waals surface area contributed by atoms with E-state index in [9.17, 15) is 14.4 Å². The number of rotatable bonds is 8. The Bertz CT molecular complexity index is 2270. The molecule has 0 atom stereocenters. The van der Waals surface area contributed by atoms with Crippen LogP contribution in [-0.2, 0) is 17.9 Å². The van der Waals surface area contributed by atoms with Crippen molar-refractivity contribution in [3.05, 3.63) is 89.0 Å². The van der Waals surface area contributed by atoms with Crippen LogP contribution in [0.25, 0.3) is 22.3 Å². The number of anilines is 3. The lowest BCUT2D eigenvalue weighted by Crippen LogP contribution is -2.56. The number of imide groups is 1. The average Bonchev–Trinajstić information content (AvgIpc) is 3.65. The van der Waals surface area contributed by atoms with Crippen molar-refractivity contribution in [1.29, 1.82) is 0 Å². The van der Waals surface area contributed by atoms with Crippen LogP contribution in [0.3, 0.4) is 0 Å². The van der Waals surface area contributed by atoms with Crippen molar-refractivity contribution < 1.29 is 23.2 Å². The highest BCUT2D eigenvalue weighted by molar-refractivity contribution is 6.02. The first-order chi connectivity index (χ1) is 25.5. The summed E-state index contributed by atoms with van der Waals surface area (Å²) in [5, 5.41) is 8.03. The Morgan fingerprint density at radius 3 is 2.43 bits per heavy atom. The third kappa shape index (κ3) is 6.50. The number of hydrogen-bond acceptors (Lipinski definition) is 10. The fraction of sp³-hybridized carbons (Fsp3) is 0.324. The summed E-state index contributed by atoms with van der Waals surface area (Å²) in [6.07, 6.45) is 2.98. The standard InChI is InChI=1S/C37H37F2N11O3/c1-21(2)50-22(3)42-34-28(38)15-24(16-30(34)50)33-29(39)18-41-36(45-33)43-31-7-5-26(17-40-31)47-12-10-46(11-13-47)19-23-4-6-27-25(14-23)20-49(35(27)52)48-9-8-32(51)44-37(48)53/h4-7,14-18,21H,8-13,19-20H2,1-3H3,(H,44,51,53)(H,40,41,43,45). The molecule has 8 rings (SSSR count). The molecule has 2 fully saturated rings. The molecule has 5 aromatic rings. The number of nitrogens with one attached hydrogen (secondary N) is 2. The van der Waals surface area contributed by atoms with Gasteiger partial charge < -0.3 is 14.8 Å². The van der Waals surface area contributed by atoms with Crippen molar-refractivity contribution in [2.45, 2.75) is 46.3 Å². The number of aromatic nitrogens is 5. The molecule has 0 unspecified atom stereocenters. The Labute approximate surface area is 303 Å². The Morgan fingerprint density at radius 1 is 0.887 bits per heavy atom. The number of halogens is 2. The zero-order valence-corrected chi connectivity index (χ0v) is 29.4. The Morgan fingerprint density at radius 2 is 1.70 bits per heavy atom. The van der Waals surface area contributed by atoms with Gasteiger partial charge in [0.15, 0.2) is 11.6 Å². The van der Waals surface area contributed by atoms with Crippen molar-refractivity contribution in [2.75, 3.05) is 42.9 Å². The third-order valence-corrected chi connectivity index (χ3v) is 9.87. The van der Waals surface area contributed by atoms with E-state index >= 15 is 8.78 Å². The summed E-state index contributed by atoms with van der Waals surface area (Å²) in [6.45, 7) is 10.2. The van der Waals surface area contributed by atoms with Gasteiger partial charge in [-0.15, -0.1) is 0 Å². The number of hydrogen-bond donors (Lipinski definition) is 2. The second kappa shape index (κ2) is 13.5. The minimum atomic E-state index is -0.676. The van der Waals surface area contributed by atoms with Gasteiger partial charge >= 0.3 is 6.03 Å². The number of hydrazine groups is 1. The van der Waals surface area contributed by atoms with Gasteiger partial charge in [0, 0.05) is 56.3 Å². The SMILES string of the molecule is Cc1nc2c(F)cc(-c3nc(Nc4ccc(N5CCN(Cc6ccc7c(c6)CN(N6CCC(=O)NC6=O)C7=O)CC5)cn4)ncc3F)cc2n1C(C)C. The second-order valence-corrected chi connectivity index (χ2v) is 13.7. The first-order valence-electron chi connectivity index (χ1n) is 17.5. The lowest BCUT2D eigenvalue weighted by molar-refractivity contribution is -0.123. The van der Waals surface area contributed by atoms with Crippen LogP contribution in [-0.4, -0.2) is 90.0 Å². The molecule has 53 heavy (non-hydrogen) atoms. The van der Waals surface area contributed by atoms with Crippen molar-refractivity contribution in [3.63, 3.8) is 0 Å². The number of carbonyl (C=O) groups excluding carboxylic acids is 3. The smallest absolute Gasteiger partial charge is 0.342 e. The first kappa shape index (κ1) is 34.1. The lowest BCUT2D eigenvalue weighted by Gasteiger charge is -2.36. The molecule has 0 spiro atoms. The zero-order valence-electron chi connectivity index (χ0n) is 29.4. The second-order valence-electron chi connectivity index (χ2n) is 13.7. The molecule has 0 bridgehead atoms. The van der Waals surface area contributed by atoms with Crippen molar-refractivity contribution in [3.8, 4) is 11.3 Å². The van der Waals surface area contributed by atoms with Crippen LogP contribution in [0.1, 0.15) is 53.6 Å². The van der Waals surface area contributed by atoms with Crippen LogP contribution in [0.15, 0.2) is 54.9 Å². The predicted molar refractivity (Wildman–Crippen MR) is 192 cm³/mol. The maximum absolute atomic E-state index is 15.1. The highest BCUT2D eigenvalue weighted by atomic mass is 19.1. The van der Waals surface area contributed by atoms with Gasteiger partial charge in [-0.1, -0.05) is 12.1 Å². The summed E-state index contributed by atoms with van der Waals surface area (Å²) < 4.78 is 32.0. The molecule has 14 nitrogen and oxygen atoms in total. The summed E-state index contributed by atoms with van der Waals surface area (Å²) in [7, 11) is 0. The van der Waals surface area contributed by atoms with E-state index in [0.29, 0.717) is 22.7 Å². The van der Waals surface area contributed by atoms with Gasteiger partial charge in [0.1, 0.15) is 22.9 Å². The van der Waals surface area contributed by atoms with Gasteiger partial charge in [0.25, 0.3) is 5.91 Å². The lowest BCUT2D eigenvalue weighted by atomic mass is 10.1. The topological polar surface area (TPSA) is 145 Å². The van der Waals surface area contributed by atoms with E-state index in [2.05, 4.69) is 40.4 Å². The maximum atomic E-state index is 15.1. The van der Waals surface area contributed by atoms with E-state index in [0.717, 1.165) is 55.7 Å². The van der Waals surface area contributed by atoms with E-state index in [1.54, 1.807) is 12.3 Å². The van der Waals surface area contributed by atoms with Gasteiger partial charge in [-0.05, 0) is 62.2 Å². The van der Waals surface area contributed by atoms with Crippen LogP contribution in [0.2, 0.25) is 0 Å². The third-order valence-electron chi connectivity index (χ3n) is 9.87. The van der Waals surface area contributed by atoms with E-state index in [-0.39, 0.29) is 60.1 Å². The largest absolute Gasteiger partial charge is 0.368 e. The monoisotopic (exact) mass is 721 g/mol. The van der Waals surface area contributed by atoms with Crippen LogP contribution >= 0.6 is 0 Å². The predicted octanol–water partition coefficient (Wildman–Crippen LogP) is 4.93. The minimum Gasteiger partial charge on any atom is -0.368 e. The number of aryl methyl sites for hydroxylation is 1. The number of benzene rings is 2. The first-order valence-corrected chi connectivity index (χ1v) is 17.5. The van der Waals surface area contributed by atoms with E-state index < -0.39 is 17.7 Å². The fourth-order valence-corrected chi connectivity index (χ4v) is 7.31. The van der Waals surface area contributed by atoms with Crippen molar-refractivity contribution >= 4 is 46.3 Å². The molecule has 272 valence electrons. The zero-order chi connectivity index (χ0) is 37.0. The number of piperazine rings is 1. The van der Waals surface area contributed by atoms with Gasteiger partial charge in [0.2, 0.25) is 11.9 Å². The molecule has 3 aliphatic rings. The molecule has 2 aromatic carbocycles. The van der Waals surface area contributed by atoms with E-state index in [4.69, 9.17) is 0 Å². The molecule has 0 radical (unpaired) electrons. The number of pyridine rings is 1. The van der Waals surface area contributed by atoms with Crippen LogP contribution < -0.4 is 15.5 Å². The van der Waals surface area contributed by atoms with Gasteiger partial charge in [-0.25, -0.2) is 43.5 Å². The van der Waals surface area contributed by atoms with E-state index in [1.807, 2.05) is 55.7 Å². The molecule has 3 aromatic heterocycles. The van der Waals surface area contributed by atoms with Crippen molar-refractivity contribution in [2.24, 2.45) is 0 Å².